The van der Waals surface area contributed by atoms with Crippen molar-refractivity contribution in [1.29, 1.82) is 0 Å². The third-order valence-corrected chi connectivity index (χ3v) is 20.2. The van der Waals surface area contributed by atoms with Crippen LogP contribution in [0.1, 0.15) is 362 Å². The van der Waals surface area contributed by atoms with E-state index in [1.54, 1.807) is 0 Å². The number of carbonyl (C=O) groups is 12. The number of carboxylic acid groups (broad SMARTS) is 2. The van der Waals surface area contributed by atoms with Crippen LogP contribution in [0, 0.1) is 0 Å². The second-order valence-corrected chi connectivity index (χ2v) is 30.4. The molecule has 0 spiro atoms. The number of esters is 2. The van der Waals surface area contributed by atoms with Crippen LogP contribution in [0.4, 0.5) is 0 Å². The Kier molecular flexibility index (Phi) is 67.5. The SMILES string of the molecule is CCCCCCCCCCCCCCCCCCC(=O)OC[C@H](CSC[C@H](NC(=O)CCCCCCCCCCCCCCCCC)C(=O)NCC(=O)NCC(=O)NCC(=O)N[C@@H](CC(=O)O)C(=O)N[C@@H](C)C(=O)NCC(=O)N[C@H](C(=O)O)[C@@H](C)O)OC(=O)CCCCCCCCCCCCCCCCCC. The Morgan fingerprint density at radius 3 is 1.05 bits per heavy atom. The summed E-state index contributed by atoms with van der Waals surface area (Å²) in [5, 5.41) is 46.7. The Labute approximate surface area is 647 Å². The van der Waals surface area contributed by atoms with Crippen molar-refractivity contribution in [3.63, 3.8) is 0 Å². The van der Waals surface area contributed by atoms with Crippen LogP contribution < -0.4 is 42.5 Å². The third kappa shape index (κ3) is 64.5. The Hall–Kier alpha value is -6.05. The van der Waals surface area contributed by atoms with Gasteiger partial charge in [-0.15, -0.1) is 0 Å². The van der Waals surface area contributed by atoms with Gasteiger partial charge >= 0.3 is 23.9 Å². The van der Waals surface area contributed by atoms with E-state index in [0.717, 1.165) is 71.1 Å². The first kappa shape index (κ1) is 101. The topological polar surface area (TPSA) is 380 Å². The number of amides is 8. The van der Waals surface area contributed by atoms with E-state index in [9.17, 15) is 72.9 Å². The molecule has 25 nitrogen and oxygen atoms in total. The quantitative estimate of drug-likeness (QED) is 0.0199. The lowest BCUT2D eigenvalue weighted by molar-refractivity contribution is -0.157. The van der Waals surface area contributed by atoms with Gasteiger partial charge in [0.25, 0.3) is 0 Å². The molecule has 620 valence electrons. The van der Waals surface area contributed by atoms with Gasteiger partial charge in [-0.3, -0.25) is 52.7 Å². The molecule has 0 aromatic heterocycles. The van der Waals surface area contributed by atoms with E-state index in [-0.39, 0.29) is 49.3 Å². The minimum Gasteiger partial charge on any atom is -0.481 e. The zero-order valence-electron chi connectivity index (χ0n) is 66.9. The fraction of sp³-hybridized carbons (Fsp3) is 0.852. The van der Waals surface area contributed by atoms with Crippen LogP contribution in [0.3, 0.4) is 0 Å². The number of hydrogen-bond donors (Lipinski definition) is 11. The van der Waals surface area contributed by atoms with Crippen LogP contribution >= 0.6 is 11.8 Å². The monoisotopic (exact) mass is 1540 g/mol. The number of nitrogens with one attached hydrogen (secondary N) is 8. The standard InChI is InChI=1S/C81H148N8O17S/c1-6-9-12-15-18-21-24-27-30-33-36-39-42-45-48-51-54-75(98)105-61-66(106-76(99)55-52-49-46-43-40-37-34-31-28-25-22-19-16-13-10-7-2)62-107-63-68(88-69(91)53-50-47-44-41-38-35-32-29-26-23-20-17-14-11-8-3)79(101)85-58-71(93)82-57-70(92)83-59-72(94)87-67(56-74(96)97)80(102)86-64(4)78(100)84-60-73(95)89-77(65(5)90)81(103)104/h64-68,77,90H,6-63H2,1-5H3,(H,82,93)(H,83,92)(H,84,100)(H,85,101)(H,86,102)(H,87,94)(H,88,91)(H,89,95)(H,96,97)(H,103,104)/t64-,65+,66+,67-,68-,77-/m0/s1. The highest BCUT2D eigenvalue weighted by Gasteiger charge is 2.29. The van der Waals surface area contributed by atoms with Crippen LogP contribution in [0.5, 0.6) is 0 Å². The van der Waals surface area contributed by atoms with E-state index in [1.165, 1.54) is 237 Å². The van der Waals surface area contributed by atoms with Crippen molar-refractivity contribution in [2.45, 2.75) is 398 Å². The van der Waals surface area contributed by atoms with Crippen LogP contribution in [0.25, 0.3) is 0 Å². The van der Waals surface area contributed by atoms with Gasteiger partial charge in [0.2, 0.25) is 47.3 Å². The summed E-state index contributed by atoms with van der Waals surface area (Å²) in [6.45, 7) is 6.03. The molecule has 0 saturated carbocycles. The molecule has 0 bridgehead atoms. The highest BCUT2D eigenvalue weighted by molar-refractivity contribution is 7.99. The molecule has 11 N–H and O–H groups in total. The molecule has 26 heteroatoms. The van der Waals surface area contributed by atoms with Crippen molar-refractivity contribution in [3.8, 4) is 0 Å². The van der Waals surface area contributed by atoms with Gasteiger partial charge < -0.3 is 67.3 Å². The summed E-state index contributed by atoms with van der Waals surface area (Å²) in [5.41, 5.74) is 0. The fourth-order valence-corrected chi connectivity index (χ4v) is 13.4. The van der Waals surface area contributed by atoms with Gasteiger partial charge in [-0.25, -0.2) is 4.79 Å². The van der Waals surface area contributed by atoms with E-state index in [4.69, 9.17) is 9.47 Å². The molecule has 0 aliphatic carbocycles. The molecule has 0 heterocycles. The van der Waals surface area contributed by atoms with Crippen LogP contribution in [0.15, 0.2) is 0 Å². The van der Waals surface area contributed by atoms with Crippen molar-refractivity contribution < 1.29 is 82.3 Å². The summed E-state index contributed by atoms with van der Waals surface area (Å²) >= 11 is 1.22. The zero-order chi connectivity index (χ0) is 79.2. The number of ether oxygens (including phenoxy) is 2. The van der Waals surface area contributed by atoms with Crippen molar-refractivity contribution in [3.05, 3.63) is 0 Å². The van der Waals surface area contributed by atoms with Crippen molar-refractivity contribution >= 4 is 82.9 Å². The summed E-state index contributed by atoms with van der Waals surface area (Å²) in [5.74, 6) is -10.5. The summed E-state index contributed by atoms with van der Waals surface area (Å²) in [6, 6.07) is -5.97. The molecule has 0 radical (unpaired) electrons. The average Bonchev–Trinajstić information content (AvgIpc) is 0.899. The molecule has 0 aliphatic heterocycles. The number of thioether (sulfide) groups is 1. The molecule has 107 heavy (non-hydrogen) atoms. The number of aliphatic hydroxyl groups excluding tert-OH is 1. The maximum absolute atomic E-state index is 13.9. The molecule has 0 saturated heterocycles. The van der Waals surface area contributed by atoms with Gasteiger partial charge in [0, 0.05) is 30.8 Å². The van der Waals surface area contributed by atoms with Crippen molar-refractivity contribution in [1.82, 2.24) is 42.5 Å². The predicted octanol–water partition coefficient (Wildman–Crippen LogP) is 13.1. The zero-order valence-corrected chi connectivity index (χ0v) is 67.8. The van der Waals surface area contributed by atoms with Gasteiger partial charge in [-0.2, -0.15) is 11.8 Å². The number of unbranched alkanes of at least 4 members (excludes halogenated alkanes) is 44. The molecule has 0 aliphatic rings. The van der Waals surface area contributed by atoms with E-state index < -0.39 is 128 Å². The maximum atomic E-state index is 13.9. The molecule has 6 atom stereocenters. The second-order valence-electron chi connectivity index (χ2n) is 29.3. The van der Waals surface area contributed by atoms with Gasteiger partial charge in [0.15, 0.2) is 6.04 Å². The van der Waals surface area contributed by atoms with Crippen LogP contribution in [0.2, 0.25) is 0 Å². The minimum absolute atomic E-state index is 0.00359. The van der Waals surface area contributed by atoms with Crippen LogP contribution in [-0.4, -0.2) is 167 Å². The lowest BCUT2D eigenvalue weighted by Gasteiger charge is -2.21. The Balaban J connectivity index is 5.78. The van der Waals surface area contributed by atoms with Gasteiger partial charge in [-0.1, -0.05) is 303 Å². The van der Waals surface area contributed by atoms with E-state index in [2.05, 4.69) is 58.0 Å². The van der Waals surface area contributed by atoms with Gasteiger partial charge in [0.05, 0.1) is 38.7 Å². The second kappa shape index (κ2) is 71.6. The number of rotatable bonds is 76. The minimum atomic E-state index is -1.75. The molecular formula is C81H148N8O17S. The third-order valence-electron chi connectivity index (χ3n) is 19.0. The maximum Gasteiger partial charge on any atom is 0.328 e. The molecule has 0 aromatic carbocycles. The summed E-state index contributed by atoms with van der Waals surface area (Å²) < 4.78 is 11.7. The summed E-state index contributed by atoms with van der Waals surface area (Å²) in [6.07, 6.45) is 53.4. The lowest BCUT2D eigenvalue weighted by atomic mass is 10.0. The number of aliphatic hydroxyl groups is 1. The molecule has 8 amide bonds. The smallest absolute Gasteiger partial charge is 0.328 e. The largest absolute Gasteiger partial charge is 0.481 e. The molecule has 0 fully saturated rings. The molecular weight excluding hydrogens is 1390 g/mol. The number of aliphatic carboxylic acids is 2. The fourth-order valence-electron chi connectivity index (χ4n) is 12.4. The number of hydrogen-bond acceptors (Lipinski definition) is 16. The first-order chi connectivity index (χ1) is 51.6. The number of carboxylic acids is 2. The highest BCUT2D eigenvalue weighted by Crippen LogP contribution is 2.19. The highest BCUT2D eigenvalue weighted by atomic mass is 32.2. The summed E-state index contributed by atoms with van der Waals surface area (Å²) in [4.78, 5) is 153. The van der Waals surface area contributed by atoms with E-state index >= 15 is 0 Å². The molecule has 0 aromatic rings. The van der Waals surface area contributed by atoms with Crippen molar-refractivity contribution in [2.24, 2.45) is 0 Å². The van der Waals surface area contributed by atoms with E-state index in [1.807, 2.05) is 5.32 Å². The van der Waals surface area contributed by atoms with Crippen molar-refractivity contribution in [2.75, 3.05) is 44.3 Å². The Morgan fingerprint density at radius 2 is 0.664 bits per heavy atom. The van der Waals surface area contributed by atoms with Crippen LogP contribution in [-0.2, 0) is 67.0 Å². The average molecular weight is 1540 g/mol. The normalized spacial score (nSPS) is 12.8. The summed E-state index contributed by atoms with van der Waals surface area (Å²) in [7, 11) is 0. The first-order valence-electron chi connectivity index (χ1n) is 42.0. The van der Waals surface area contributed by atoms with E-state index in [0.29, 0.717) is 19.3 Å². The Bertz CT molecular complexity index is 2390. The molecule has 0 unspecified atom stereocenters. The molecule has 0 rings (SSSR count). The Morgan fingerprint density at radius 1 is 0.336 bits per heavy atom. The van der Waals surface area contributed by atoms with Gasteiger partial charge in [-0.05, 0) is 33.1 Å². The first-order valence-corrected chi connectivity index (χ1v) is 43.1. The lowest BCUT2D eigenvalue weighted by Crippen LogP contribution is -2.55. The van der Waals surface area contributed by atoms with Gasteiger partial charge in [0.1, 0.15) is 30.8 Å². The predicted molar refractivity (Wildman–Crippen MR) is 423 cm³/mol. The number of carbonyl (C=O) groups excluding carboxylic acids is 10.